The Morgan fingerprint density at radius 3 is 1.40 bits per heavy atom. The molecule has 2 saturated heterocycles. The molecule has 0 aromatic rings. The topological polar surface area (TPSA) is 52.6 Å². The van der Waals surface area contributed by atoms with Gasteiger partial charge in [-0.3, -0.25) is 8.37 Å². The maximum atomic E-state index is 10.9. The molecule has 2 unspecified atom stereocenters. The first-order valence-corrected chi connectivity index (χ1v) is 8.54. The molecular formula is C9H18O4S2. The van der Waals surface area contributed by atoms with Gasteiger partial charge < -0.3 is 0 Å². The van der Waals surface area contributed by atoms with E-state index in [2.05, 4.69) is 11.7 Å². The summed E-state index contributed by atoms with van der Waals surface area (Å²) in [5, 5.41) is 0. The number of hydrogen-bond donors (Lipinski definition) is 0. The summed E-state index contributed by atoms with van der Waals surface area (Å²) in [6.45, 7) is 1.25. The molecular weight excluding hydrogens is 236 g/mol. The zero-order chi connectivity index (χ0) is 11.4. The number of rotatable bonds is 0. The highest BCUT2D eigenvalue weighted by molar-refractivity contribution is 7.96. The van der Waals surface area contributed by atoms with Crippen molar-refractivity contribution in [3.63, 3.8) is 0 Å². The van der Waals surface area contributed by atoms with Gasteiger partial charge in [-0.15, -0.1) is 0 Å². The fourth-order valence-electron chi connectivity index (χ4n) is 1.24. The molecule has 4 nitrogen and oxygen atoms in total. The first-order chi connectivity index (χ1) is 6.91. The van der Waals surface area contributed by atoms with Crippen molar-refractivity contribution >= 4 is 31.3 Å². The third kappa shape index (κ3) is 5.55. The van der Waals surface area contributed by atoms with Crippen LogP contribution in [0.2, 0.25) is 0 Å². The summed E-state index contributed by atoms with van der Waals surface area (Å²) in [5.41, 5.74) is 0. The molecule has 0 amide bonds. The van der Waals surface area contributed by atoms with Crippen LogP contribution >= 0.6 is 0 Å². The van der Waals surface area contributed by atoms with Gasteiger partial charge in [0, 0.05) is 11.5 Å². The van der Waals surface area contributed by atoms with Gasteiger partial charge in [0.15, 0.2) is 0 Å². The molecule has 2 atom stereocenters. The maximum Gasteiger partial charge on any atom is 0.0771 e. The number of hydrogen-bond acceptors (Lipinski definition) is 4. The van der Waals surface area contributed by atoms with E-state index in [0.717, 1.165) is 19.3 Å². The van der Waals surface area contributed by atoms with Crippen molar-refractivity contribution < 1.29 is 16.8 Å². The summed E-state index contributed by atoms with van der Waals surface area (Å²) in [6.07, 6.45) is 2.94. The Kier molecular flexibility index (Phi) is 4.64. The lowest BCUT2D eigenvalue weighted by molar-refractivity contribution is 0.318. The zero-order valence-corrected chi connectivity index (χ0v) is 10.4. The van der Waals surface area contributed by atoms with Crippen LogP contribution in [0, 0.1) is 0 Å². The van der Waals surface area contributed by atoms with Gasteiger partial charge in [-0.1, -0.05) is 0 Å². The van der Waals surface area contributed by atoms with Gasteiger partial charge >= 0.3 is 0 Å². The molecule has 0 aliphatic carbocycles. The Bertz CT molecular complexity index is 356. The van der Waals surface area contributed by atoms with Crippen LogP contribution in [0.5, 0.6) is 0 Å². The minimum absolute atomic E-state index is 0.627. The standard InChI is InChI=1S/C5H10O2S.C4H8O2S/c1-8(6)5-3-2-4-7-8;1-7(5)4-2-3-6-7/h1-5H2;1-4H2. The largest absolute Gasteiger partial charge is 0.298 e. The molecule has 15 heavy (non-hydrogen) atoms. The second-order valence-electron chi connectivity index (χ2n) is 3.60. The Balaban J connectivity index is 0.000000151. The van der Waals surface area contributed by atoms with Crippen LogP contribution < -0.4 is 0 Å². The smallest absolute Gasteiger partial charge is 0.0771 e. The van der Waals surface area contributed by atoms with E-state index in [4.69, 9.17) is 8.37 Å². The van der Waals surface area contributed by atoms with E-state index in [0.29, 0.717) is 24.7 Å². The lowest BCUT2D eigenvalue weighted by Crippen LogP contribution is -2.16. The van der Waals surface area contributed by atoms with Gasteiger partial charge in [0.1, 0.15) is 0 Å². The summed E-state index contributed by atoms with van der Waals surface area (Å²) in [6, 6.07) is 0. The van der Waals surface area contributed by atoms with Crippen molar-refractivity contribution in [2.75, 3.05) is 24.7 Å². The highest BCUT2D eigenvalue weighted by atomic mass is 32.2. The van der Waals surface area contributed by atoms with Crippen LogP contribution in [0.25, 0.3) is 0 Å². The van der Waals surface area contributed by atoms with Crippen molar-refractivity contribution in [2.45, 2.75) is 19.3 Å². The summed E-state index contributed by atoms with van der Waals surface area (Å²) < 4.78 is 31.2. The summed E-state index contributed by atoms with van der Waals surface area (Å²) in [4.78, 5) is 0. The molecule has 0 saturated carbocycles. The van der Waals surface area contributed by atoms with Gasteiger partial charge in [-0.25, -0.2) is 8.42 Å². The van der Waals surface area contributed by atoms with E-state index in [9.17, 15) is 8.42 Å². The third-order valence-corrected chi connectivity index (χ3v) is 5.06. The van der Waals surface area contributed by atoms with E-state index in [1.807, 2.05) is 0 Å². The van der Waals surface area contributed by atoms with E-state index in [1.165, 1.54) is 0 Å². The Hall–Kier alpha value is -0.0400. The van der Waals surface area contributed by atoms with Gasteiger partial charge in [0.25, 0.3) is 0 Å². The molecule has 0 bridgehead atoms. The first-order valence-electron chi connectivity index (χ1n) is 4.90. The second kappa shape index (κ2) is 5.34. The van der Waals surface area contributed by atoms with Crippen molar-refractivity contribution in [1.82, 2.24) is 0 Å². The van der Waals surface area contributed by atoms with Crippen LogP contribution in [-0.4, -0.2) is 44.9 Å². The van der Waals surface area contributed by atoms with Crippen molar-refractivity contribution in [3.8, 4) is 0 Å². The highest BCUT2D eigenvalue weighted by Crippen LogP contribution is 2.06. The van der Waals surface area contributed by atoms with Crippen molar-refractivity contribution in [2.24, 2.45) is 0 Å². The SMILES string of the molecule is C=S1(=O)CCCCO1.C=S1(=O)CCCO1. The van der Waals surface area contributed by atoms with E-state index < -0.39 is 19.6 Å². The fourth-order valence-corrected chi connectivity index (χ4v) is 3.52. The molecule has 90 valence electrons. The van der Waals surface area contributed by atoms with Crippen LogP contribution in [-0.2, 0) is 28.0 Å². The molecule has 0 aromatic heterocycles. The first kappa shape index (κ1) is 13.0. The predicted molar refractivity (Wildman–Crippen MR) is 66.0 cm³/mol. The van der Waals surface area contributed by atoms with Crippen LogP contribution in [0.4, 0.5) is 0 Å². The van der Waals surface area contributed by atoms with Gasteiger partial charge in [-0.2, -0.15) is 0 Å². The van der Waals surface area contributed by atoms with Crippen LogP contribution in [0.1, 0.15) is 19.3 Å². The van der Waals surface area contributed by atoms with Gasteiger partial charge in [-0.05, 0) is 31.0 Å². The highest BCUT2D eigenvalue weighted by Gasteiger charge is 2.10. The molecule has 0 N–H and O–H groups in total. The third-order valence-electron chi connectivity index (χ3n) is 2.05. The molecule has 2 heterocycles. The minimum Gasteiger partial charge on any atom is -0.298 e. The maximum absolute atomic E-state index is 10.9. The molecule has 0 spiro atoms. The second-order valence-corrected chi connectivity index (χ2v) is 7.86. The van der Waals surface area contributed by atoms with Crippen molar-refractivity contribution in [1.29, 1.82) is 0 Å². The average Bonchev–Trinajstić information content (AvgIpc) is 2.51. The fraction of sp³-hybridized carbons (Fsp3) is 0.778. The Morgan fingerprint density at radius 1 is 0.800 bits per heavy atom. The molecule has 0 aromatic carbocycles. The summed E-state index contributed by atoms with van der Waals surface area (Å²) in [5.74, 6) is 8.10. The van der Waals surface area contributed by atoms with Crippen LogP contribution in [0.3, 0.4) is 0 Å². The normalized spacial score (nSPS) is 40.5. The molecule has 6 heteroatoms. The molecule has 0 radical (unpaired) electrons. The van der Waals surface area contributed by atoms with E-state index in [1.54, 1.807) is 0 Å². The Morgan fingerprint density at radius 2 is 1.27 bits per heavy atom. The summed E-state index contributed by atoms with van der Waals surface area (Å²) in [7, 11) is -4.13. The van der Waals surface area contributed by atoms with E-state index >= 15 is 0 Å². The minimum atomic E-state index is -2.08. The molecule has 2 rings (SSSR count). The molecule has 2 aliphatic heterocycles. The quantitative estimate of drug-likeness (QED) is 0.590. The molecule has 2 fully saturated rings. The predicted octanol–water partition coefficient (Wildman–Crippen LogP) is 0.466. The Labute approximate surface area is 92.4 Å². The lowest BCUT2D eigenvalue weighted by Gasteiger charge is -2.14. The zero-order valence-electron chi connectivity index (χ0n) is 8.81. The lowest BCUT2D eigenvalue weighted by atomic mass is 10.4. The van der Waals surface area contributed by atoms with E-state index in [-0.39, 0.29) is 0 Å². The monoisotopic (exact) mass is 254 g/mol. The van der Waals surface area contributed by atoms with Gasteiger partial charge in [0.05, 0.1) is 32.8 Å². The summed E-state index contributed by atoms with van der Waals surface area (Å²) >= 11 is 0. The van der Waals surface area contributed by atoms with Crippen molar-refractivity contribution in [3.05, 3.63) is 0 Å². The molecule has 2 aliphatic rings. The van der Waals surface area contributed by atoms with Gasteiger partial charge in [0.2, 0.25) is 0 Å². The van der Waals surface area contributed by atoms with Crippen LogP contribution in [0.15, 0.2) is 0 Å². The average molecular weight is 254 g/mol.